The van der Waals surface area contributed by atoms with E-state index in [1.54, 1.807) is 4.68 Å². The Morgan fingerprint density at radius 3 is 2.50 bits per heavy atom. The topological polar surface area (TPSA) is 50.2 Å². The van der Waals surface area contributed by atoms with Gasteiger partial charge in [0.05, 0.1) is 5.69 Å². The Bertz CT molecular complexity index is 671. The van der Waals surface area contributed by atoms with Gasteiger partial charge in [-0.05, 0) is 50.2 Å². The average molecular weight is 328 g/mol. The molecular formula is C19H28N4O. The molecule has 0 aliphatic carbocycles. The Hall–Kier alpha value is -2.14. The summed E-state index contributed by atoms with van der Waals surface area (Å²) in [4.78, 5) is 14.3. The molecule has 0 saturated carbocycles. The van der Waals surface area contributed by atoms with Gasteiger partial charge in [0.1, 0.15) is 0 Å². The second kappa shape index (κ2) is 8.11. The van der Waals surface area contributed by atoms with E-state index in [9.17, 15) is 4.79 Å². The average Bonchev–Trinajstić information content (AvgIpc) is 2.93. The van der Waals surface area contributed by atoms with Gasteiger partial charge in [0.2, 0.25) is 0 Å². The van der Waals surface area contributed by atoms with E-state index in [1.807, 2.05) is 27.2 Å². The Balaban J connectivity index is 2.05. The summed E-state index contributed by atoms with van der Waals surface area (Å²) >= 11 is 0. The first-order valence-corrected chi connectivity index (χ1v) is 8.45. The van der Waals surface area contributed by atoms with Gasteiger partial charge in [-0.15, -0.1) is 0 Å². The molecule has 0 bridgehead atoms. The van der Waals surface area contributed by atoms with E-state index in [2.05, 4.69) is 53.4 Å². The minimum absolute atomic E-state index is 0.116. The van der Waals surface area contributed by atoms with Crippen molar-refractivity contribution < 1.29 is 4.79 Å². The Morgan fingerprint density at radius 1 is 1.25 bits per heavy atom. The highest BCUT2D eigenvalue weighted by atomic mass is 16.1. The molecule has 2 rings (SSSR count). The summed E-state index contributed by atoms with van der Waals surface area (Å²) in [6, 6.07) is 10.3. The van der Waals surface area contributed by atoms with Crippen molar-refractivity contribution in [3.63, 3.8) is 0 Å². The lowest BCUT2D eigenvalue weighted by atomic mass is 10.0. The number of rotatable bonds is 7. The molecule has 1 N–H and O–H groups in total. The molecule has 2 aromatic rings. The second-order valence-corrected chi connectivity index (χ2v) is 6.73. The van der Waals surface area contributed by atoms with Gasteiger partial charge in [0.15, 0.2) is 5.69 Å². The number of nitrogens with one attached hydrogen (secondary N) is 1. The normalized spacial score (nSPS) is 11.3. The zero-order valence-corrected chi connectivity index (χ0v) is 15.3. The largest absolute Gasteiger partial charge is 0.351 e. The van der Waals surface area contributed by atoms with Crippen LogP contribution in [0.15, 0.2) is 30.3 Å². The maximum Gasteiger partial charge on any atom is 0.271 e. The van der Waals surface area contributed by atoms with Crippen LogP contribution in [0.3, 0.4) is 0 Å². The number of carbonyl (C=O) groups is 1. The van der Waals surface area contributed by atoms with Crippen LogP contribution in [0.1, 0.15) is 42.2 Å². The lowest BCUT2D eigenvalue weighted by Gasteiger charge is -2.09. The first-order chi connectivity index (χ1) is 11.4. The molecule has 0 radical (unpaired) electrons. The molecular weight excluding hydrogens is 300 g/mol. The van der Waals surface area contributed by atoms with Crippen molar-refractivity contribution in [2.75, 3.05) is 27.2 Å². The number of aromatic nitrogens is 2. The summed E-state index contributed by atoms with van der Waals surface area (Å²) in [5.74, 6) is 0.392. The Kier molecular flexibility index (Phi) is 6.15. The van der Waals surface area contributed by atoms with Crippen molar-refractivity contribution >= 4 is 5.91 Å². The summed E-state index contributed by atoms with van der Waals surface area (Å²) in [6.07, 6.45) is 0.926. The molecule has 0 unspecified atom stereocenters. The molecule has 1 aromatic carbocycles. The number of hydrogen-bond donors (Lipinski definition) is 1. The van der Waals surface area contributed by atoms with Crippen molar-refractivity contribution in [1.82, 2.24) is 20.0 Å². The lowest BCUT2D eigenvalue weighted by molar-refractivity contribution is 0.0946. The van der Waals surface area contributed by atoms with Gasteiger partial charge in [-0.2, -0.15) is 5.10 Å². The molecule has 0 atom stereocenters. The Labute approximate surface area is 144 Å². The van der Waals surface area contributed by atoms with Crippen LogP contribution in [0.5, 0.6) is 0 Å². The van der Waals surface area contributed by atoms with Gasteiger partial charge in [-0.3, -0.25) is 9.48 Å². The molecule has 5 nitrogen and oxygen atoms in total. The first kappa shape index (κ1) is 18.2. The van der Waals surface area contributed by atoms with Crippen LogP contribution in [-0.4, -0.2) is 47.8 Å². The quantitative estimate of drug-likeness (QED) is 0.795. The monoisotopic (exact) mass is 328 g/mol. The summed E-state index contributed by atoms with van der Waals surface area (Å²) < 4.78 is 1.76. The molecule has 0 aliphatic rings. The van der Waals surface area contributed by atoms with Gasteiger partial charge in [-0.25, -0.2) is 0 Å². The number of benzene rings is 1. The van der Waals surface area contributed by atoms with Crippen LogP contribution < -0.4 is 5.32 Å². The van der Waals surface area contributed by atoms with Crippen LogP contribution in [0.2, 0.25) is 0 Å². The van der Waals surface area contributed by atoms with Crippen LogP contribution in [0, 0.1) is 0 Å². The standard InChI is InChI=1S/C19H28N4O/c1-14(2)15-7-9-16(10-8-15)18-13-17(21-23(18)5)19(24)20-11-6-12-22(3)4/h7-10,13-14H,6,11-12H2,1-5H3,(H,20,24). The summed E-state index contributed by atoms with van der Waals surface area (Å²) in [5.41, 5.74) is 3.79. The molecule has 0 saturated heterocycles. The van der Waals surface area contributed by atoms with Gasteiger partial charge >= 0.3 is 0 Å². The van der Waals surface area contributed by atoms with Crippen molar-refractivity contribution in [1.29, 1.82) is 0 Å². The molecule has 0 fully saturated rings. The smallest absolute Gasteiger partial charge is 0.271 e. The SMILES string of the molecule is CC(C)c1ccc(-c2cc(C(=O)NCCCN(C)C)nn2C)cc1. The first-order valence-electron chi connectivity index (χ1n) is 8.45. The van der Waals surface area contributed by atoms with Crippen molar-refractivity contribution in [3.05, 3.63) is 41.6 Å². The molecule has 130 valence electrons. The third-order valence-electron chi connectivity index (χ3n) is 4.05. The predicted molar refractivity (Wildman–Crippen MR) is 98.2 cm³/mol. The van der Waals surface area contributed by atoms with E-state index in [1.165, 1.54) is 5.56 Å². The van der Waals surface area contributed by atoms with Gasteiger partial charge < -0.3 is 10.2 Å². The molecule has 0 spiro atoms. The summed E-state index contributed by atoms with van der Waals surface area (Å²) in [7, 11) is 5.92. The van der Waals surface area contributed by atoms with Gasteiger partial charge in [0.25, 0.3) is 5.91 Å². The molecule has 1 heterocycles. The third-order valence-corrected chi connectivity index (χ3v) is 4.05. The highest BCUT2D eigenvalue weighted by molar-refractivity contribution is 5.93. The van der Waals surface area contributed by atoms with Crippen LogP contribution >= 0.6 is 0 Å². The molecule has 24 heavy (non-hydrogen) atoms. The minimum atomic E-state index is -0.116. The third kappa shape index (κ3) is 4.68. The molecule has 1 aromatic heterocycles. The second-order valence-electron chi connectivity index (χ2n) is 6.73. The van der Waals surface area contributed by atoms with E-state index in [0.717, 1.165) is 24.2 Å². The Morgan fingerprint density at radius 2 is 1.92 bits per heavy atom. The lowest BCUT2D eigenvalue weighted by Crippen LogP contribution is -2.27. The molecule has 0 aliphatic heterocycles. The van der Waals surface area contributed by atoms with Crippen molar-refractivity contribution in [2.45, 2.75) is 26.2 Å². The number of amides is 1. The fourth-order valence-corrected chi connectivity index (χ4v) is 2.57. The van der Waals surface area contributed by atoms with E-state index in [0.29, 0.717) is 18.2 Å². The fourth-order valence-electron chi connectivity index (χ4n) is 2.57. The van der Waals surface area contributed by atoms with E-state index >= 15 is 0 Å². The molecule has 5 heteroatoms. The highest BCUT2D eigenvalue weighted by Gasteiger charge is 2.13. The van der Waals surface area contributed by atoms with Crippen LogP contribution in [0.4, 0.5) is 0 Å². The van der Waals surface area contributed by atoms with E-state index < -0.39 is 0 Å². The van der Waals surface area contributed by atoms with E-state index in [4.69, 9.17) is 0 Å². The minimum Gasteiger partial charge on any atom is -0.351 e. The number of hydrogen-bond acceptors (Lipinski definition) is 3. The highest BCUT2D eigenvalue weighted by Crippen LogP contribution is 2.23. The van der Waals surface area contributed by atoms with Crippen molar-refractivity contribution in [2.24, 2.45) is 7.05 Å². The number of carbonyl (C=O) groups excluding carboxylic acids is 1. The zero-order valence-electron chi connectivity index (χ0n) is 15.3. The van der Waals surface area contributed by atoms with Crippen molar-refractivity contribution in [3.8, 4) is 11.3 Å². The summed E-state index contributed by atoms with van der Waals surface area (Å²) in [6.45, 7) is 5.97. The maximum atomic E-state index is 12.2. The number of nitrogens with zero attached hydrogens (tertiary/aromatic N) is 3. The maximum absolute atomic E-state index is 12.2. The number of aryl methyl sites for hydroxylation is 1. The van der Waals surface area contributed by atoms with Gasteiger partial charge in [-0.1, -0.05) is 38.1 Å². The van der Waals surface area contributed by atoms with Crippen LogP contribution in [0.25, 0.3) is 11.3 Å². The zero-order chi connectivity index (χ0) is 17.7. The summed E-state index contributed by atoms with van der Waals surface area (Å²) in [5, 5.41) is 7.28. The van der Waals surface area contributed by atoms with Gasteiger partial charge in [0, 0.05) is 13.6 Å². The van der Waals surface area contributed by atoms with Crippen LogP contribution in [-0.2, 0) is 7.05 Å². The van der Waals surface area contributed by atoms with E-state index in [-0.39, 0.29) is 5.91 Å². The molecule has 1 amide bonds. The predicted octanol–water partition coefficient (Wildman–Crippen LogP) is 2.89. The fraction of sp³-hybridized carbons (Fsp3) is 0.474.